The molecular formula is C14H19N3O. The Balaban J connectivity index is 2.24. The molecule has 1 atom stereocenters. The van der Waals surface area contributed by atoms with Crippen LogP contribution in [0.15, 0.2) is 30.3 Å². The van der Waals surface area contributed by atoms with Gasteiger partial charge in [-0.15, -0.1) is 0 Å². The van der Waals surface area contributed by atoms with Gasteiger partial charge in [-0.3, -0.25) is 0 Å². The lowest BCUT2D eigenvalue weighted by atomic mass is 10.1. The van der Waals surface area contributed by atoms with Crippen molar-refractivity contribution in [3.05, 3.63) is 41.6 Å². The first-order valence-corrected chi connectivity index (χ1v) is 6.18. The van der Waals surface area contributed by atoms with E-state index in [1.165, 1.54) is 0 Å². The fourth-order valence-electron chi connectivity index (χ4n) is 1.87. The largest absolute Gasteiger partial charge is 0.468 e. The van der Waals surface area contributed by atoms with E-state index in [0.717, 1.165) is 17.8 Å². The Morgan fingerprint density at radius 1 is 1.33 bits per heavy atom. The summed E-state index contributed by atoms with van der Waals surface area (Å²) in [6.07, 6.45) is -0.0464. The molecule has 2 rings (SSSR count). The first-order chi connectivity index (χ1) is 8.63. The number of anilines is 1. The van der Waals surface area contributed by atoms with Crippen LogP contribution in [0.4, 0.5) is 5.69 Å². The molecule has 0 aliphatic carbocycles. The number of benzene rings is 1. The normalized spacial score (nSPS) is 12.4. The number of nitrogens with zero attached hydrogens (tertiary/aromatic N) is 2. The number of hydrogen-bond donors (Lipinski definition) is 1. The second-order valence-corrected chi connectivity index (χ2v) is 4.29. The number of aromatic nitrogens is 2. The number of nitrogens with two attached hydrogens (primary N) is 1. The Hall–Kier alpha value is -1.97. The third-order valence-corrected chi connectivity index (χ3v) is 2.98. The molecule has 0 saturated heterocycles. The predicted molar refractivity (Wildman–Crippen MR) is 72.5 cm³/mol. The Morgan fingerprint density at radius 2 is 2.00 bits per heavy atom. The third kappa shape index (κ3) is 2.32. The predicted octanol–water partition coefficient (Wildman–Crippen LogP) is 2.93. The molecule has 0 saturated carbocycles. The molecule has 1 aromatic carbocycles. The highest BCUT2D eigenvalue weighted by atomic mass is 16.5. The van der Waals surface area contributed by atoms with Crippen molar-refractivity contribution in [2.75, 3.05) is 5.73 Å². The summed E-state index contributed by atoms with van der Waals surface area (Å²) in [6, 6.07) is 10.1. The zero-order chi connectivity index (χ0) is 13.1. The van der Waals surface area contributed by atoms with E-state index < -0.39 is 0 Å². The van der Waals surface area contributed by atoms with Crippen molar-refractivity contribution < 1.29 is 4.74 Å². The van der Waals surface area contributed by atoms with Gasteiger partial charge in [-0.05, 0) is 26.3 Å². The fourth-order valence-corrected chi connectivity index (χ4v) is 1.87. The van der Waals surface area contributed by atoms with Crippen LogP contribution in [0.2, 0.25) is 0 Å². The van der Waals surface area contributed by atoms with Gasteiger partial charge in [0.1, 0.15) is 11.8 Å². The molecule has 18 heavy (non-hydrogen) atoms. The van der Waals surface area contributed by atoms with E-state index in [1.807, 2.05) is 51.1 Å². The van der Waals surface area contributed by atoms with Gasteiger partial charge in [-0.2, -0.15) is 5.10 Å². The minimum absolute atomic E-state index is 0.0464. The Kier molecular flexibility index (Phi) is 3.55. The van der Waals surface area contributed by atoms with E-state index in [1.54, 1.807) is 4.68 Å². The molecule has 0 fully saturated rings. The van der Waals surface area contributed by atoms with E-state index in [4.69, 9.17) is 10.5 Å². The molecule has 2 N–H and O–H groups in total. The molecule has 0 amide bonds. The SMILES string of the molecule is CCn1nc(C)c(N)c1OC(C)c1ccccc1. The average Bonchev–Trinajstić information content (AvgIpc) is 2.67. The van der Waals surface area contributed by atoms with Crippen molar-refractivity contribution in [1.29, 1.82) is 0 Å². The minimum atomic E-state index is -0.0464. The number of aryl methyl sites for hydroxylation is 2. The van der Waals surface area contributed by atoms with Gasteiger partial charge < -0.3 is 10.5 Å². The fraction of sp³-hybridized carbons (Fsp3) is 0.357. The maximum absolute atomic E-state index is 6.00. The molecule has 0 bridgehead atoms. The molecule has 1 aromatic heterocycles. The van der Waals surface area contributed by atoms with E-state index in [0.29, 0.717) is 11.6 Å². The summed E-state index contributed by atoms with van der Waals surface area (Å²) in [5, 5.41) is 4.34. The molecule has 0 aliphatic rings. The average molecular weight is 245 g/mol. The molecule has 1 heterocycles. The molecule has 2 aromatic rings. The van der Waals surface area contributed by atoms with Gasteiger partial charge in [0.15, 0.2) is 0 Å². The summed E-state index contributed by atoms with van der Waals surface area (Å²) in [4.78, 5) is 0. The van der Waals surface area contributed by atoms with Crippen LogP contribution in [0, 0.1) is 6.92 Å². The maximum atomic E-state index is 6.00. The van der Waals surface area contributed by atoms with Gasteiger partial charge in [-0.1, -0.05) is 30.3 Å². The Morgan fingerprint density at radius 3 is 2.61 bits per heavy atom. The lowest BCUT2D eigenvalue weighted by molar-refractivity contribution is 0.205. The minimum Gasteiger partial charge on any atom is -0.468 e. The van der Waals surface area contributed by atoms with Crippen LogP contribution in [0.1, 0.15) is 31.2 Å². The van der Waals surface area contributed by atoms with E-state index in [-0.39, 0.29) is 6.10 Å². The lowest BCUT2D eigenvalue weighted by Crippen LogP contribution is -2.09. The Bertz CT molecular complexity index is 519. The molecule has 4 heteroatoms. The van der Waals surface area contributed by atoms with E-state index >= 15 is 0 Å². The van der Waals surface area contributed by atoms with Crippen molar-refractivity contribution in [1.82, 2.24) is 9.78 Å². The highest BCUT2D eigenvalue weighted by Gasteiger charge is 2.16. The molecule has 1 unspecified atom stereocenters. The van der Waals surface area contributed by atoms with Gasteiger partial charge in [0.05, 0.1) is 5.69 Å². The van der Waals surface area contributed by atoms with Crippen LogP contribution in [0.3, 0.4) is 0 Å². The van der Waals surface area contributed by atoms with Crippen molar-refractivity contribution in [2.45, 2.75) is 33.4 Å². The standard InChI is InChI=1S/C14H19N3O/c1-4-17-14(13(15)10(2)16-17)18-11(3)12-8-6-5-7-9-12/h5-9,11H,4,15H2,1-3H3. The van der Waals surface area contributed by atoms with Crippen LogP contribution in [-0.2, 0) is 6.54 Å². The van der Waals surface area contributed by atoms with Crippen molar-refractivity contribution >= 4 is 5.69 Å². The van der Waals surface area contributed by atoms with Crippen LogP contribution in [-0.4, -0.2) is 9.78 Å². The van der Waals surface area contributed by atoms with Gasteiger partial charge >= 0.3 is 0 Å². The zero-order valence-corrected chi connectivity index (χ0v) is 11.1. The molecule has 0 radical (unpaired) electrons. The summed E-state index contributed by atoms with van der Waals surface area (Å²) < 4.78 is 7.75. The highest BCUT2D eigenvalue weighted by Crippen LogP contribution is 2.29. The van der Waals surface area contributed by atoms with Crippen LogP contribution >= 0.6 is 0 Å². The number of hydrogen-bond acceptors (Lipinski definition) is 3. The van der Waals surface area contributed by atoms with E-state index in [9.17, 15) is 0 Å². The number of ether oxygens (including phenoxy) is 1. The summed E-state index contributed by atoms with van der Waals surface area (Å²) in [6.45, 7) is 6.67. The molecular weight excluding hydrogens is 226 g/mol. The topological polar surface area (TPSA) is 53.1 Å². The molecule has 0 aliphatic heterocycles. The first kappa shape index (κ1) is 12.5. The number of nitrogen functional groups attached to an aromatic ring is 1. The van der Waals surface area contributed by atoms with E-state index in [2.05, 4.69) is 5.10 Å². The van der Waals surface area contributed by atoms with Gasteiger partial charge in [0, 0.05) is 6.54 Å². The molecule has 0 spiro atoms. The summed E-state index contributed by atoms with van der Waals surface area (Å²) in [7, 11) is 0. The summed E-state index contributed by atoms with van der Waals surface area (Å²) in [5.74, 6) is 0.659. The van der Waals surface area contributed by atoms with Gasteiger partial charge in [0.25, 0.3) is 0 Å². The van der Waals surface area contributed by atoms with Crippen molar-refractivity contribution in [3.63, 3.8) is 0 Å². The summed E-state index contributed by atoms with van der Waals surface area (Å²) in [5.41, 5.74) is 8.56. The van der Waals surface area contributed by atoms with Crippen molar-refractivity contribution in [2.24, 2.45) is 0 Å². The monoisotopic (exact) mass is 245 g/mol. The highest BCUT2D eigenvalue weighted by molar-refractivity contribution is 5.52. The maximum Gasteiger partial charge on any atom is 0.236 e. The first-order valence-electron chi connectivity index (χ1n) is 6.18. The molecule has 4 nitrogen and oxygen atoms in total. The number of rotatable bonds is 4. The molecule has 96 valence electrons. The van der Waals surface area contributed by atoms with Crippen LogP contribution in [0.25, 0.3) is 0 Å². The van der Waals surface area contributed by atoms with Gasteiger partial charge in [-0.25, -0.2) is 4.68 Å². The zero-order valence-electron chi connectivity index (χ0n) is 11.1. The Labute approximate surface area is 107 Å². The summed E-state index contributed by atoms with van der Waals surface area (Å²) >= 11 is 0. The lowest BCUT2D eigenvalue weighted by Gasteiger charge is -2.16. The smallest absolute Gasteiger partial charge is 0.236 e. The van der Waals surface area contributed by atoms with Crippen LogP contribution < -0.4 is 10.5 Å². The second-order valence-electron chi connectivity index (χ2n) is 4.29. The van der Waals surface area contributed by atoms with Crippen LogP contribution in [0.5, 0.6) is 5.88 Å². The third-order valence-electron chi connectivity index (χ3n) is 2.98. The quantitative estimate of drug-likeness (QED) is 0.901. The second kappa shape index (κ2) is 5.12. The van der Waals surface area contributed by atoms with Gasteiger partial charge in [0.2, 0.25) is 5.88 Å². The van der Waals surface area contributed by atoms with Crippen molar-refractivity contribution in [3.8, 4) is 5.88 Å².